The maximum absolute atomic E-state index is 12.9. The van der Waals surface area contributed by atoms with Crippen LogP contribution in [0.15, 0.2) is 85.6 Å². The van der Waals surface area contributed by atoms with Crippen LogP contribution in [0.1, 0.15) is 36.8 Å². The van der Waals surface area contributed by atoms with E-state index in [4.69, 9.17) is 11.6 Å². The van der Waals surface area contributed by atoms with Crippen LogP contribution in [0.25, 0.3) is 0 Å². The molecule has 3 aromatic carbocycles. The van der Waals surface area contributed by atoms with Gasteiger partial charge in [0, 0.05) is 22.6 Å². The number of aryl methyl sites for hydroxylation is 1. The number of carbonyl (C=O) groups is 4. The molecule has 0 atom stereocenters. The van der Waals surface area contributed by atoms with Crippen LogP contribution in [0, 0.1) is 6.92 Å². The fourth-order valence-corrected chi connectivity index (χ4v) is 3.94. The smallest absolute Gasteiger partial charge is 0.275 e. The highest BCUT2D eigenvalue weighted by atomic mass is 35.5. The van der Waals surface area contributed by atoms with E-state index in [-0.39, 0.29) is 28.2 Å². The minimum absolute atomic E-state index is 0.0335. The number of aromatic amines is 1. The Morgan fingerprint density at radius 2 is 1.49 bits per heavy atom. The van der Waals surface area contributed by atoms with Gasteiger partial charge in [0.05, 0.1) is 22.5 Å². The highest BCUT2D eigenvalue weighted by Crippen LogP contribution is 2.23. The van der Waals surface area contributed by atoms with Crippen molar-refractivity contribution in [1.82, 2.24) is 10.2 Å². The van der Waals surface area contributed by atoms with Crippen LogP contribution in [0.3, 0.4) is 0 Å². The van der Waals surface area contributed by atoms with Gasteiger partial charge in [-0.1, -0.05) is 36.4 Å². The number of halogens is 1. The van der Waals surface area contributed by atoms with Crippen LogP contribution in [0.4, 0.5) is 22.7 Å². The topological polar surface area (TPSA) is 145 Å². The molecule has 1 aromatic heterocycles. The van der Waals surface area contributed by atoms with Crippen LogP contribution in [0.2, 0.25) is 5.02 Å². The molecule has 0 aliphatic heterocycles. The lowest BCUT2D eigenvalue weighted by Crippen LogP contribution is -2.19. The first kappa shape index (κ1) is 26.8. The summed E-state index contributed by atoms with van der Waals surface area (Å²) in [5.41, 5.74) is 2.92. The number of aromatic nitrogens is 2. The van der Waals surface area contributed by atoms with Gasteiger partial charge < -0.3 is 21.3 Å². The molecule has 4 rings (SSSR count). The fraction of sp³-hybridized carbons (Fsp3) is 0.0357. The summed E-state index contributed by atoms with van der Waals surface area (Å²) in [7, 11) is 0. The zero-order valence-electron chi connectivity index (χ0n) is 20.7. The number of benzene rings is 3. The van der Waals surface area contributed by atoms with Crippen LogP contribution in [-0.4, -0.2) is 33.8 Å². The molecular weight excluding hydrogens is 520 g/mol. The summed E-state index contributed by atoms with van der Waals surface area (Å²) >= 11 is 6.18. The molecular formula is C28H23ClN6O4. The Hall–Kier alpha value is -5.22. The van der Waals surface area contributed by atoms with Gasteiger partial charge in [-0.25, -0.2) is 0 Å². The number of carbonyl (C=O) groups excluding carboxylic acids is 4. The molecule has 0 bridgehead atoms. The molecule has 4 aromatic rings. The number of amides is 4. The number of rotatable bonds is 8. The van der Waals surface area contributed by atoms with Crippen LogP contribution in [0.5, 0.6) is 0 Å². The van der Waals surface area contributed by atoms with E-state index in [0.29, 0.717) is 33.8 Å². The van der Waals surface area contributed by atoms with Crippen molar-refractivity contribution in [2.24, 2.45) is 0 Å². The molecule has 11 heteroatoms. The summed E-state index contributed by atoms with van der Waals surface area (Å²) in [5, 5.41) is 17.5. The van der Waals surface area contributed by atoms with E-state index in [0.717, 1.165) is 6.08 Å². The van der Waals surface area contributed by atoms with E-state index in [2.05, 4.69) is 38.0 Å². The summed E-state index contributed by atoms with van der Waals surface area (Å²) < 4.78 is 0. The van der Waals surface area contributed by atoms with E-state index < -0.39 is 11.8 Å². The first-order valence-corrected chi connectivity index (χ1v) is 12.0. The fourth-order valence-electron chi connectivity index (χ4n) is 3.63. The van der Waals surface area contributed by atoms with Gasteiger partial charge in [0.2, 0.25) is 5.91 Å². The number of nitrogens with one attached hydrogen (secondary N) is 5. The molecule has 1 heterocycles. The van der Waals surface area contributed by atoms with Gasteiger partial charge in [-0.2, -0.15) is 5.10 Å². The third-order valence-corrected chi connectivity index (χ3v) is 5.86. The predicted molar refractivity (Wildman–Crippen MR) is 150 cm³/mol. The van der Waals surface area contributed by atoms with Crippen molar-refractivity contribution in [1.29, 1.82) is 0 Å². The zero-order valence-corrected chi connectivity index (χ0v) is 21.4. The summed E-state index contributed by atoms with van der Waals surface area (Å²) in [6, 6.07) is 18.0. The van der Waals surface area contributed by atoms with Crippen molar-refractivity contribution in [3.8, 4) is 0 Å². The quantitative estimate of drug-likeness (QED) is 0.193. The van der Waals surface area contributed by atoms with Crippen molar-refractivity contribution in [3.05, 3.63) is 113 Å². The molecule has 5 N–H and O–H groups in total. The Balaban J connectivity index is 1.42. The van der Waals surface area contributed by atoms with Crippen molar-refractivity contribution >= 4 is 58.0 Å². The first-order chi connectivity index (χ1) is 18.7. The number of anilines is 4. The van der Waals surface area contributed by atoms with Gasteiger partial charge in [-0.05, 0) is 67.1 Å². The molecule has 0 saturated carbocycles. The molecule has 0 fully saturated rings. The lowest BCUT2D eigenvalue weighted by Gasteiger charge is -2.11. The molecule has 4 amide bonds. The van der Waals surface area contributed by atoms with Crippen molar-refractivity contribution in [2.45, 2.75) is 6.92 Å². The van der Waals surface area contributed by atoms with Crippen molar-refractivity contribution in [3.63, 3.8) is 0 Å². The van der Waals surface area contributed by atoms with E-state index in [1.165, 1.54) is 6.20 Å². The normalized spacial score (nSPS) is 10.3. The summed E-state index contributed by atoms with van der Waals surface area (Å²) in [6.45, 7) is 5.15. The minimum Gasteiger partial charge on any atom is -0.323 e. The molecule has 196 valence electrons. The predicted octanol–water partition coefficient (Wildman–Crippen LogP) is 5.25. The third-order valence-electron chi connectivity index (χ3n) is 5.54. The molecule has 0 spiro atoms. The third kappa shape index (κ3) is 6.56. The highest BCUT2D eigenvalue weighted by molar-refractivity contribution is 6.34. The van der Waals surface area contributed by atoms with E-state index in [1.807, 2.05) is 0 Å². The van der Waals surface area contributed by atoms with E-state index >= 15 is 0 Å². The van der Waals surface area contributed by atoms with Gasteiger partial charge in [-0.3, -0.25) is 24.3 Å². The van der Waals surface area contributed by atoms with Gasteiger partial charge >= 0.3 is 0 Å². The van der Waals surface area contributed by atoms with Crippen molar-refractivity contribution in [2.75, 3.05) is 21.3 Å². The molecule has 0 radical (unpaired) electrons. The molecule has 39 heavy (non-hydrogen) atoms. The monoisotopic (exact) mass is 542 g/mol. The highest BCUT2D eigenvalue weighted by Gasteiger charge is 2.19. The molecule has 10 nitrogen and oxygen atoms in total. The summed E-state index contributed by atoms with van der Waals surface area (Å²) in [6.07, 6.45) is 2.47. The second-order valence-electron chi connectivity index (χ2n) is 8.30. The average molecular weight is 543 g/mol. The molecule has 0 aliphatic rings. The van der Waals surface area contributed by atoms with E-state index in [9.17, 15) is 19.2 Å². The molecule has 0 aliphatic carbocycles. The maximum Gasteiger partial charge on any atom is 0.275 e. The van der Waals surface area contributed by atoms with E-state index in [1.54, 1.807) is 73.7 Å². The van der Waals surface area contributed by atoms with Crippen LogP contribution >= 0.6 is 11.6 Å². The second kappa shape index (κ2) is 11.9. The Labute approximate surface area is 228 Å². The maximum atomic E-state index is 12.9. The average Bonchev–Trinajstić information content (AvgIpc) is 3.37. The largest absolute Gasteiger partial charge is 0.323 e. The van der Waals surface area contributed by atoms with Crippen LogP contribution < -0.4 is 21.3 Å². The van der Waals surface area contributed by atoms with Crippen LogP contribution in [-0.2, 0) is 4.79 Å². The lowest BCUT2D eigenvalue weighted by molar-refractivity contribution is -0.111. The zero-order chi connectivity index (χ0) is 27.9. The van der Waals surface area contributed by atoms with Gasteiger partial charge in [-0.15, -0.1) is 0 Å². The Kier molecular flexibility index (Phi) is 8.18. The summed E-state index contributed by atoms with van der Waals surface area (Å²) in [4.78, 5) is 49.8. The standard InChI is InChI=1S/C28H23ClN6O4/c1-3-23(36)31-18-12-10-17(11-13-18)26(37)32-19-7-5-8-20(14-19)33-28(39)25-22(15-30-35-25)34-27(38)24-16(2)6-4-9-21(24)29/h3-15H,1H2,2H3,(H,30,35)(H,31,36)(H,32,37)(H,33,39)(H,34,38). The summed E-state index contributed by atoms with van der Waals surface area (Å²) in [5.74, 6) is -1.77. The number of hydrogen-bond donors (Lipinski definition) is 5. The molecule has 0 saturated heterocycles. The minimum atomic E-state index is -0.556. The van der Waals surface area contributed by atoms with Crippen molar-refractivity contribution < 1.29 is 19.2 Å². The Morgan fingerprint density at radius 1 is 0.821 bits per heavy atom. The van der Waals surface area contributed by atoms with Gasteiger partial charge in [0.1, 0.15) is 5.69 Å². The van der Waals surface area contributed by atoms with Gasteiger partial charge in [0.15, 0.2) is 0 Å². The Bertz CT molecular complexity index is 1560. The SMILES string of the molecule is C=CC(=O)Nc1ccc(C(=O)Nc2cccc(NC(=O)c3[nH]ncc3NC(=O)c3c(C)cccc3Cl)c2)cc1. The van der Waals surface area contributed by atoms with Gasteiger partial charge in [0.25, 0.3) is 17.7 Å². The Morgan fingerprint density at radius 3 is 2.15 bits per heavy atom. The number of nitrogens with zero attached hydrogens (tertiary/aromatic N) is 1. The number of hydrogen-bond acceptors (Lipinski definition) is 5. The lowest BCUT2D eigenvalue weighted by atomic mass is 10.1. The molecule has 0 unspecified atom stereocenters. The first-order valence-electron chi connectivity index (χ1n) is 11.6. The second-order valence-corrected chi connectivity index (χ2v) is 8.71. The number of H-pyrrole nitrogens is 1.